The van der Waals surface area contributed by atoms with Crippen molar-refractivity contribution in [3.63, 3.8) is 0 Å². The van der Waals surface area contributed by atoms with E-state index in [2.05, 4.69) is 0 Å². The summed E-state index contributed by atoms with van der Waals surface area (Å²) in [7, 11) is 0. The second-order valence-electron chi connectivity index (χ2n) is 12.2. The van der Waals surface area contributed by atoms with Crippen LogP contribution >= 0.6 is 0 Å². The third-order valence-corrected chi connectivity index (χ3v) is 10.4. The summed E-state index contributed by atoms with van der Waals surface area (Å²) in [6.45, 7) is 6.94. The Balaban J connectivity index is 1.53. The first-order chi connectivity index (χ1) is 16.4. The Bertz CT molecular complexity index is 1020. The second kappa shape index (κ2) is 7.29. The summed E-state index contributed by atoms with van der Waals surface area (Å²) in [6, 6.07) is 0. The Labute approximate surface area is 203 Å². The molecule has 0 radical (unpaired) electrons. The molecule has 9 heteroatoms. The van der Waals surface area contributed by atoms with E-state index in [4.69, 9.17) is 14.2 Å². The molecule has 0 aromatic carbocycles. The molecule has 2 saturated carbocycles. The number of hydrogen-bond acceptors (Lipinski definition) is 8. The summed E-state index contributed by atoms with van der Waals surface area (Å²) in [4.78, 5) is 37.9. The van der Waals surface area contributed by atoms with Crippen LogP contribution in [0.15, 0.2) is 11.6 Å². The van der Waals surface area contributed by atoms with Gasteiger partial charge in [-0.15, -0.1) is 0 Å². The van der Waals surface area contributed by atoms with Gasteiger partial charge in [0.1, 0.15) is 18.1 Å². The minimum atomic E-state index is -1.72. The van der Waals surface area contributed by atoms with Crippen molar-refractivity contribution in [2.24, 2.45) is 53.3 Å². The summed E-state index contributed by atoms with van der Waals surface area (Å²) < 4.78 is 17.9. The number of carboxylic acid groups (broad SMARTS) is 1. The molecular formula is C26H34O9. The maximum atomic E-state index is 13.5. The second-order valence-corrected chi connectivity index (χ2v) is 12.2. The van der Waals surface area contributed by atoms with Gasteiger partial charge in [0.15, 0.2) is 5.79 Å². The molecule has 3 heterocycles. The number of carboxylic acids is 1. The largest absolute Gasteiger partial charge is 0.478 e. The number of hydrogen-bond donors (Lipinski definition) is 3. The molecule has 5 fully saturated rings. The topological polar surface area (TPSA) is 140 Å². The predicted octanol–water partition coefficient (Wildman–Crippen LogP) is 1.50. The van der Waals surface area contributed by atoms with Crippen LogP contribution in [0.2, 0.25) is 0 Å². The van der Waals surface area contributed by atoms with Crippen molar-refractivity contribution in [3.05, 3.63) is 11.6 Å². The van der Waals surface area contributed by atoms with Crippen molar-refractivity contribution < 1.29 is 43.9 Å². The summed E-state index contributed by atoms with van der Waals surface area (Å²) in [5.74, 6) is -7.79. The lowest BCUT2D eigenvalue weighted by atomic mass is 9.59. The number of aliphatic hydroxyl groups is 2. The minimum absolute atomic E-state index is 0.180. The summed E-state index contributed by atoms with van der Waals surface area (Å²) in [6.07, 6.45) is 1.24. The highest BCUT2D eigenvalue weighted by atomic mass is 16.7. The monoisotopic (exact) mass is 490 g/mol. The molecule has 9 nitrogen and oxygen atoms in total. The Morgan fingerprint density at radius 2 is 1.89 bits per heavy atom. The number of aliphatic carboxylic acids is 1. The van der Waals surface area contributed by atoms with Gasteiger partial charge in [0.05, 0.1) is 11.7 Å². The van der Waals surface area contributed by atoms with Crippen molar-refractivity contribution >= 4 is 17.9 Å². The third-order valence-electron chi connectivity index (χ3n) is 10.4. The van der Waals surface area contributed by atoms with E-state index < -0.39 is 82.9 Å². The van der Waals surface area contributed by atoms with Gasteiger partial charge in [0.25, 0.3) is 0 Å². The van der Waals surface area contributed by atoms with E-state index in [-0.39, 0.29) is 23.5 Å². The predicted molar refractivity (Wildman–Crippen MR) is 118 cm³/mol. The van der Waals surface area contributed by atoms with E-state index in [1.54, 1.807) is 6.08 Å². The van der Waals surface area contributed by atoms with Crippen LogP contribution in [-0.4, -0.2) is 62.9 Å². The highest BCUT2D eigenvalue weighted by Gasteiger charge is 2.74. The molecule has 0 aromatic heterocycles. The maximum Gasteiger partial charge on any atom is 0.331 e. The molecule has 3 saturated heterocycles. The van der Waals surface area contributed by atoms with Crippen molar-refractivity contribution in [3.8, 4) is 0 Å². The van der Waals surface area contributed by atoms with Gasteiger partial charge in [-0.25, -0.2) is 4.79 Å². The molecule has 14 atom stereocenters. The van der Waals surface area contributed by atoms with Crippen LogP contribution in [0.1, 0.15) is 47.0 Å². The normalized spacial score (nSPS) is 55.7. The summed E-state index contributed by atoms with van der Waals surface area (Å²) in [5.41, 5.74) is -0.560. The quantitative estimate of drug-likeness (QED) is 0.491. The Morgan fingerprint density at radius 1 is 1.17 bits per heavy atom. The highest BCUT2D eigenvalue weighted by molar-refractivity contribution is 5.88. The standard InChI is InChI=1S/C26H34O9/c1-9-5-12-8-25(4)16-7-13-14(23(29)30)6-15-18(21(28)10(2)22(15)33-11(3)27)17(13)19(16)20(24(31)34-12)26(9,32)35-25/h6,9-10,12-13,15-22,28,32H,5,7-8H2,1-4H3,(H,29,30)/t9-,10+,12+,13+,15-,16+,17-,18-,19+,20-,21+,22-,25-,26+/m0/s1. The third kappa shape index (κ3) is 2.95. The lowest BCUT2D eigenvalue weighted by molar-refractivity contribution is -0.358. The number of rotatable bonds is 2. The summed E-state index contributed by atoms with van der Waals surface area (Å²) >= 11 is 0. The fraction of sp³-hybridized carbons (Fsp3) is 0.808. The molecule has 6 aliphatic rings. The highest BCUT2D eigenvalue weighted by Crippen LogP contribution is 2.68. The van der Waals surface area contributed by atoms with Crippen molar-refractivity contribution in [2.45, 2.75) is 76.7 Å². The smallest absolute Gasteiger partial charge is 0.331 e. The fourth-order valence-corrected chi connectivity index (χ4v) is 9.21. The number of ether oxygens (including phenoxy) is 3. The van der Waals surface area contributed by atoms with Crippen LogP contribution < -0.4 is 0 Å². The fourth-order valence-electron chi connectivity index (χ4n) is 9.21. The molecule has 0 unspecified atom stereocenters. The SMILES string of the molecule is CC(=O)O[C@H]1[C@H](C)[C@@H](O)[C@H]2[C@@H]1C=C(C(=O)O)[C@H]1C[C@@H]3[C@H]([C@H]21)[C@H]1C(=O)O[C@@H]2C[C@H](C)[C@@]1(O)O[C@@]3(C)C2. The van der Waals surface area contributed by atoms with Gasteiger partial charge in [-0.2, -0.15) is 0 Å². The lowest BCUT2D eigenvalue weighted by Crippen LogP contribution is -2.66. The maximum absolute atomic E-state index is 13.5. The Morgan fingerprint density at radius 3 is 2.54 bits per heavy atom. The minimum Gasteiger partial charge on any atom is -0.478 e. The van der Waals surface area contributed by atoms with Crippen molar-refractivity contribution in [2.75, 3.05) is 0 Å². The molecule has 0 aromatic rings. The Hall–Kier alpha value is -1.97. The average Bonchev–Trinajstić information content (AvgIpc) is 3.18. The number of carbonyl (C=O) groups excluding carboxylic acids is 2. The molecule has 3 aliphatic heterocycles. The number of aliphatic hydroxyl groups excluding tert-OH is 1. The number of esters is 2. The van der Waals surface area contributed by atoms with Gasteiger partial charge in [-0.05, 0) is 49.4 Å². The van der Waals surface area contributed by atoms with Gasteiger partial charge in [0, 0.05) is 36.7 Å². The first-order valence-corrected chi connectivity index (χ1v) is 12.8. The van der Waals surface area contributed by atoms with Crippen LogP contribution in [0, 0.1) is 53.3 Å². The van der Waals surface area contributed by atoms with E-state index in [1.165, 1.54) is 6.92 Å². The van der Waals surface area contributed by atoms with E-state index >= 15 is 0 Å². The van der Waals surface area contributed by atoms with E-state index in [0.29, 0.717) is 19.3 Å². The van der Waals surface area contributed by atoms with Gasteiger partial charge in [0.2, 0.25) is 0 Å². The van der Waals surface area contributed by atoms with Gasteiger partial charge in [-0.1, -0.05) is 19.9 Å². The molecule has 0 spiro atoms. The molecule has 3 N–H and O–H groups in total. The molecular weight excluding hydrogens is 456 g/mol. The van der Waals surface area contributed by atoms with Crippen LogP contribution in [-0.2, 0) is 28.6 Å². The van der Waals surface area contributed by atoms with Crippen LogP contribution in [0.4, 0.5) is 0 Å². The van der Waals surface area contributed by atoms with Gasteiger partial charge < -0.3 is 29.5 Å². The first-order valence-electron chi connectivity index (χ1n) is 12.8. The lowest BCUT2D eigenvalue weighted by Gasteiger charge is -2.56. The molecule has 192 valence electrons. The average molecular weight is 491 g/mol. The summed E-state index contributed by atoms with van der Waals surface area (Å²) in [5, 5.41) is 33.6. The Kier molecular flexibility index (Phi) is 4.88. The molecule has 3 aliphatic carbocycles. The first kappa shape index (κ1) is 23.4. The van der Waals surface area contributed by atoms with E-state index in [1.807, 2.05) is 20.8 Å². The van der Waals surface area contributed by atoms with Crippen LogP contribution in [0.3, 0.4) is 0 Å². The zero-order valence-electron chi connectivity index (χ0n) is 20.4. The molecule has 3 bridgehead atoms. The van der Waals surface area contributed by atoms with Gasteiger partial charge >= 0.3 is 17.9 Å². The van der Waals surface area contributed by atoms with Crippen molar-refractivity contribution in [1.82, 2.24) is 0 Å². The van der Waals surface area contributed by atoms with Crippen LogP contribution in [0.25, 0.3) is 0 Å². The molecule has 0 amide bonds. The van der Waals surface area contributed by atoms with E-state index in [0.717, 1.165) is 0 Å². The zero-order chi connectivity index (χ0) is 25.2. The molecule has 6 rings (SSSR count). The van der Waals surface area contributed by atoms with E-state index in [9.17, 15) is 29.7 Å². The number of fused-ring (bicyclic) bond motifs is 10. The van der Waals surface area contributed by atoms with Gasteiger partial charge in [-0.3, -0.25) is 9.59 Å². The molecule has 35 heavy (non-hydrogen) atoms. The van der Waals surface area contributed by atoms with Crippen molar-refractivity contribution in [1.29, 1.82) is 0 Å². The zero-order valence-corrected chi connectivity index (χ0v) is 20.4. The number of carbonyl (C=O) groups is 3. The van der Waals surface area contributed by atoms with Crippen LogP contribution in [0.5, 0.6) is 0 Å².